The molecule has 4 aromatic carbocycles. The number of thiazole rings is 1. The Hall–Kier alpha value is -4.56. The molecule has 0 fully saturated rings. The number of rotatable bonds is 5. The van der Waals surface area contributed by atoms with Crippen LogP contribution in [-0.4, -0.2) is 20.8 Å². The number of amidine groups is 1. The van der Waals surface area contributed by atoms with E-state index in [0.29, 0.717) is 26.7 Å². The van der Waals surface area contributed by atoms with Crippen LogP contribution in [0.25, 0.3) is 44.3 Å². The van der Waals surface area contributed by atoms with Crippen molar-refractivity contribution in [2.75, 3.05) is 0 Å². The number of aromatic amines is 2. The predicted octanol–water partition coefficient (Wildman–Crippen LogP) is 10.6. The van der Waals surface area contributed by atoms with E-state index in [9.17, 15) is 0 Å². The molecule has 198 valence electrons. The van der Waals surface area contributed by atoms with Gasteiger partial charge in [0.2, 0.25) is 5.13 Å². The van der Waals surface area contributed by atoms with Gasteiger partial charge < -0.3 is 9.97 Å². The lowest BCUT2D eigenvalue weighted by molar-refractivity contribution is 1.25. The Labute approximate surface area is 249 Å². The zero-order chi connectivity index (χ0) is 27.8. The number of fused-ring (bicyclic) bond motifs is 2. The standard InChI is InChI=1S/C32H20Cl2N6S/c33-20-11-9-19(10-12-20)30-29(24-6-2-4-8-27(24)36-30)28-18-41-32(37-28)38-31(40-39-22-15-13-21(34)14-16-22)25-17-35-26-7-3-1-5-23(25)26/h1-18,35-36H/b38-31-,40-39?. The maximum atomic E-state index is 6.18. The summed E-state index contributed by atoms with van der Waals surface area (Å²) < 4.78 is 0. The molecule has 2 N–H and O–H groups in total. The van der Waals surface area contributed by atoms with Crippen LogP contribution in [0.3, 0.4) is 0 Å². The van der Waals surface area contributed by atoms with E-state index in [1.165, 1.54) is 11.3 Å². The summed E-state index contributed by atoms with van der Waals surface area (Å²) in [5.74, 6) is 0.454. The normalized spacial score (nSPS) is 12.2. The number of aliphatic imine (C=N–C) groups is 1. The first kappa shape index (κ1) is 25.4. The lowest BCUT2D eigenvalue weighted by atomic mass is 10.0. The summed E-state index contributed by atoms with van der Waals surface area (Å²) in [6, 6.07) is 31.2. The molecule has 7 rings (SSSR count). The second kappa shape index (κ2) is 10.8. The van der Waals surface area contributed by atoms with Crippen molar-refractivity contribution in [2.45, 2.75) is 0 Å². The van der Waals surface area contributed by atoms with Crippen LogP contribution in [0.5, 0.6) is 0 Å². The van der Waals surface area contributed by atoms with Crippen molar-refractivity contribution in [2.24, 2.45) is 15.2 Å². The number of nitrogens with zero attached hydrogens (tertiary/aromatic N) is 4. The molecule has 0 radical (unpaired) electrons. The van der Waals surface area contributed by atoms with E-state index in [2.05, 4.69) is 32.3 Å². The molecule has 0 spiro atoms. The van der Waals surface area contributed by atoms with Crippen molar-refractivity contribution in [1.29, 1.82) is 0 Å². The summed E-state index contributed by atoms with van der Waals surface area (Å²) in [5, 5.41) is 15.0. The minimum atomic E-state index is 0.454. The molecule has 0 amide bonds. The van der Waals surface area contributed by atoms with Gasteiger partial charge in [-0.25, -0.2) is 4.98 Å². The van der Waals surface area contributed by atoms with Gasteiger partial charge in [-0.15, -0.1) is 21.6 Å². The van der Waals surface area contributed by atoms with Gasteiger partial charge in [-0.05, 0) is 54.1 Å². The molecule has 41 heavy (non-hydrogen) atoms. The largest absolute Gasteiger partial charge is 0.360 e. The maximum Gasteiger partial charge on any atom is 0.211 e. The third kappa shape index (κ3) is 5.07. The van der Waals surface area contributed by atoms with E-state index in [4.69, 9.17) is 33.2 Å². The van der Waals surface area contributed by atoms with Crippen molar-refractivity contribution in [3.05, 3.63) is 124 Å². The average Bonchev–Trinajstić information content (AvgIpc) is 3.73. The maximum absolute atomic E-state index is 6.18. The molecular formula is C32H20Cl2N6S. The molecule has 0 saturated heterocycles. The molecule has 6 nitrogen and oxygen atoms in total. The Morgan fingerprint density at radius 1 is 0.756 bits per heavy atom. The number of azo groups is 1. The predicted molar refractivity (Wildman–Crippen MR) is 170 cm³/mol. The van der Waals surface area contributed by atoms with Gasteiger partial charge >= 0.3 is 0 Å². The van der Waals surface area contributed by atoms with Gasteiger partial charge in [0.05, 0.1) is 17.1 Å². The van der Waals surface area contributed by atoms with Crippen LogP contribution < -0.4 is 0 Å². The fourth-order valence-corrected chi connectivity index (χ4v) is 5.70. The number of halogens is 2. The van der Waals surface area contributed by atoms with E-state index < -0.39 is 0 Å². The highest BCUT2D eigenvalue weighted by atomic mass is 35.5. The second-order valence-corrected chi connectivity index (χ2v) is 11.0. The van der Waals surface area contributed by atoms with Gasteiger partial charge in [0, 0.05) is 54.6 Å². The van der Waals surface area contributed by atoms with Crippen molar-refractivity contribution < 1.29 is 0 Å². The topological polar surface area (TPSA) is 81.5 Å². The molecule has 3 heterocycles. The Morgan fingerprint density at radius 2 is 1.44 bits per heavy atom. The highest BCUT2D eigenvalue weighted by molar-refractivity contribution is 7.13. The molecule has 0 atom stereocenters. The minimum Gasteiger partial charge on any atom is -0.360 e. The molecule has 7 aromatic rings. The summed E-state index contributed by atoms with van der Waals surface area (Å²) in [4.78, 5) is 16.7. The first-order chi connectivity index (χ1) is 20.1. The smallest absolute Gasteiger partial charge is 0.211 e. The zero-order valence-corrected chi connectivity index (χ0v) is 23.7. The summed E-state index contributed by atoms with van der Waals surface area (Å²) in [6.07, 6.45) is 1.90. The lowest BCUT2D eigenvalue weighted by Crippen LogP contribution is -1.94. The minimum absolute atomic E-state index is 0.454. The zero-order valence-electron chi connectivity index (χ0n) is 21.3. The number of hydrogen-bond donors (Lipinski definition) is 2. The molecule has 0 unspecified atom stereocenters. The Morgan fingerprint density at radius 3 is 2.22 bits per heavy atom. The van der Waals surface area contributed by atoms with Gasteiger partial charge in [0.25, 0.3) is 0 Å². The third-order valence-electron chi connectivity index (χ3n) is 6.71. The number of hydrogen-bond acceptors (Lipinski definition) is 4. The lowest BCUT2D eigenvalue weighted by Gasteiger charge is -2.03. The average molecular weight is 592 g/mol. The Bertz CT molecular complexity index is 2070. The second-order valence-electron chi connectivity index (χ2n) is 9.30. The van der Waals surface area contributed by atoms with Crippen LogP contribution >= 0.6 is 34.5 Å². The molecular weight excluding hydrogens is 571 g/mol. The summed E-state index contributed by atoms with van der Waals surface area (Å²) in [5.41, 5.74) is 7.36. The van der Waals surface area contributed by atoms with E-state index in [0.717, 1.165) is 49.9 Å². The van der Waals surface area contributed by atoms with Crippen LogP contribution in [0.15, 0.2) is 124 Å². The third-order valence-corrected chi connectivity index (χ3v) is 7.94. The molecule has 0 aliphatic rings. The highest BCUT2D eigenvalue weighted by Gasteiger charge is 2.18. The number of H-pyrrole nitrogens is 2. The van der Waals surface area contributed by atoms with Crippen LogP contribution in [0.2, 0.25) is 10.0 Å². The monoisotopic (exact) mass is 590 g/mol. The van der Waals surface area contributed by atoms with Crippen LogP contribution in [0.1, 0.15) is 5.56 Å². The number of benzene rings is 4. The molecule has 0 aliphatic heterocycles. The van der Waals surface area contributed by atoms with Crippen molar-refractivity contribution in [3.8, 4) is 22.5 Å². The molecule has 0 bridgehead atoms. The summed E-state index contributed by atoms with van der Waals surface area (Å²) in [6.45, 7) is 0. The van der Waals surface area contributed by atoms with E-state index in [1.807, 2.05) is 84.4 Å². The first-order valence-electron chi connectivity index (χ1n) is 12.8. The molecule has 3 aromatic heterocycles. The highest BCUT2D eigenvalue weighted by Crippen LogP contribution is 2.40. The van der Waals surface area contributed by atoms with Gasteiger partial charge in [0.1, 0.15) is 0 Å². The van der Waals surface area contributed by atoms with Crippen LogP contribution in [0.4, 0.5) is 10.8 Å². The van der Waals surface area contributed by atoms with Crippen molar-refractivity contribution in [3.63, 3.8) is 0 Å². The fourth-order valence-electron chi connectivity index (χ4n) is 4.77. The Kier molecular flexibility index (Phi) is 6.68. The fraction of sp³-hybridized carbons (Fsp3) is 0. The van der Waals surface area contributed by atoms with Crippen molar-refractivity contribution >= 4 is 73.0 Å². The molecule has 9 heteroatoms. The van der Waals surface area contributed by atoms with Gasteiger partial charge in [-0.2, -0.15) is 4.99 Å². The van der Waals surface area contributed by atoms with Gasteiger partial charge in [-0.3, -0.25) is 0 Å². The number of aromatic nitrogens is 3. The number of para-hydroxylation sites is 2. The van der Waals surface area contributed by atoms with Gasteiger partial charge in [0.15, 0.2) is 5.84 Å². The van der Waals surface area contributed by atoms with Gasteiger partial charge in [-0.1, -0.05) is 71.7 Å². The quantitative estimate of drug-likeness (QED) is 0.117. The Balaban J connectivity index is 1.34. The molecule has 0 saturated carbocycles. The van der Waals surface area contributed by atoms with E-state index in [-0.39, 0.29) is 0 Å². The van der Waals surface area contributed by atoms with Crippen molar-refractivity contribution in [1.82, 2.24) is 15.0 Å². The van der Waals surface area contributed by atoms with E-state index in [1.54, 1.807) is 12.1 Å². The summed E-state index contributed by atoms with van der Waals surface area (Å²) >= 11 is 13.7. The van der Waals surface area contributed by atoms with Crippen LogP contribution in [-0.2, 0) is 0 Å². The van der Waals surface area contributed by atoms with E-state index >= 15 is 0 Å². The number of nitrogens with one attached hydrogen (secondary N) is 2. The SMILES string of the molecule is Clc1ccc(N=N/C(=N\c2nc(-c3c(-c4ccc(Cl)cc4)[nH]c4ccccc34)cs2)c2c[nH]c3ccccc23)cc1. The first-order valence-corrected chi connectivity index (χ1v) is 14.4. The molecule has 0 aliphatic carbocycles. The van der Waals surface area contributed by atoms with Crippen LogP contribution in [0, 0.1) is 0 Å². The summed E-state index contributed by atoms with van der Waals surface area (Å²) in [7, 11) is 0.